The van der Waals surface area contributed by atoms with Crippen molar-refractivity contribution in [2.24, 2.45) is 12.8 Å². The molecular formula is C11H11F5N6. The molecule has 0 aliphatic heterocycles. The number of nitrogens with two attached hydrogens (primary N) is 1. The van der Waals surface area contributed by atoms with Crippen LogP contribution in [-0.2, 0) is 13.5 Å². The molecular weight excluding hydrogens is 311 g/mol. The molecule has 0 atom stereocenters. The Morgan fingerprint density at radius 3 is 2.45 bits per heavy atom. The Bertz CT molecular complexity index is 720. The molecule has 11 heteroatoms. The van der Waals surface area contributed by atoms with Gasteiger partial charge in [0.05, 0.1) is 11.6 Å². The van der Waals surface area contributed by atoms with E-state index in [9.17, 15) is 22.0 Å². The first kappa shape index (κ1) is 16.0. The molecule has 0 fully saturated rings. The van der Waals surface area contributed by atoms with Gasteiger partial charge in [0.15, 0.2) is 5.65 Å². The fourth-order valence-electron chi connectivity index (χ4n) is 1.79. The molecule has 0 saturated carbocycles. The molecule has 6 nitrogen and oxygen atoms in total. The molecule has 2 rings (SSSR count). The summed E-state index contributed by atoms with van der Waals surface area (Å²) in [5.41, 5.74) is 5.48. The molecule has 0 amide bonds. The zero-order valence-corrected chi connectivity index (χ0v) is 11.2. The number of rotatable bonds is 4. The Hall–Kier alpha value is -2.33. The van der Waals surface area contributed by atoms with Crippen LogP contribution >= 0.6 is 0 Å². The second kappa shape index (κ2) is 5.14. The lowest BCUT2D eigenvalue weighted by Crippen LogP contribution is -2.36. The van der Waals surface area contributed by atoms with E-state index in [-0.39, 0.29) is 17.2 Å². The smallest absolute Gasteiger partial charge is 0.382 e. The molecule has 0 bridgehead atoms. The molecule has 2 aromatic heterocycles. The predicted octanol–water partition coefficient (Wildman–Crippen LogP) is 1.78. The van der Waals surface area contributed by atoms with Gasteiger partial charge in [0, 0.05) is 19.9 Å². The van der Waals surface area contributed by atoms with Gasteiger partial charge >= 0.3 is 12.1 Å². The summed E-state index contributed by atoms with van der Waals surface area (Å²) in [7, 11) is 1.51. The number of halogens is 5. The summed E-state index contributed by atoms with van der Waals surface area (Å²) >= 11 is 0. The molecule has 2 heterocycles. The lowest BCUT2D eigenvalue weighted by molar-refractivity contribution is -0.284. The topological polar surface area (TPSA) is 93.5 Å². The standard InChI is InChI=1S/C11H11F5N6/c1-22-9-5(4-19-22)7(8(17)18)20-6(21-9)2-3-10(12,13)11(14,15)16/h4H,2-3H2,1H3,(H3,17,18). The third kappa shape index (κ3) is 2.83. The number of amidine groups is 1. The highest BCUT2D eigenvalue weighted by molar-refractivity contribution is 6.03. The Kier molecular flexibility index (Phi) is 3.75. The van der Waals surface area contributed by atoms with Gasteiger partial charge in [-0.2, -0.15) is 27.1 Å². The van der Waals surface area contributed by atoms with Crippen LogP contribution in [0.1, 0.15) is 17.9 Å². The summed E-state index contributed by atoms with van der Waals surface area (Å²) in [5.74, 6) is -5.55. The van der Waals surface area contributed by atoms with Crippen LogP contribution in [0.5, 0.6) is 0 Å². The zero-order chi connectivity index (χ0) is 16.7. The molecule has 0 radical (unpaired) electrons. The van der Waals surface area contributed by atoms with E-state index in [2.05, 4.69) is 15.1 Å². The second-order valence-electron chi connectivity index (χ2n) is 4.61. The van der Waals surface area contributed by atoms with Crippen molar-refractivity contribution in [1.82, 2.24) is 19.7 Å². The maximum Gasteiger partial charge on any atom is 0.453 e. The number of fused-ring (bicyclic) bond motifs is 1. The van der Waals surface area contributed by atoms with Crippen LogP contribution < -0.4 is 5.73 Å². The summed E-state index contributed by atoms with van der Waals surface area (Å²) in [4.78, 5) is 7.68. The largest absolute Gasteiger partial charge is 0.453 e. The fourth-order valence-corrected chi connectivity index (χ4v) is 1.79. The van der Waals surface area contributed by atoms with Crippen LogP contribution in [-0.4, -0.2) is 37.7 Å². The molecule has 120 valence electrons. The van der Waals surface area contributed by atoms with Gasteiger partial charge in [0.2, 0.25) is 0 Å². The quantitative estimate of drug-likeness (QED) is 0.510. The van der Waals surface area contributed by atoms with E-state index in [0.717, 1.165) is 0 Å². The van der Waals surface area contributed by atoms with Crippen LogP contribution in [0.15, 0.2) is 6.20 Å². The Morgan fingerprint density at radius 1 is 1.27 bits per heavy atom. The SMILES string of the molecule is Cn1ncc2c(C(=N)N)nc(CCC(F)(F)C(F)(F)F)nc21. The van der Waals surface area contributed by atoms with Gasteiger partial charge in [-0.1, -0.05) is 0 Å². The van der Waals surface area contributed by atoms with E-state index >= 15 is 0 Å². The first-order valence-corrected chi connectivity index (χ1v) is 6.00. The number of nitrogens with one attached hydrogen (secondary N) is 1. The highest BCUT2D eigenvalue weighted by Crippen LogP contribution is 2.38. The molecule has 0 unspecified atom stereocenters. The van der Waals surface area contributed by atoms with E-state index in [1.54, 1.807) is 0 Å². The normalized spacial score (nSPS) is 12.8. The van der Waals surface area contributed by atoms with Crippen molar-refractivity contribution >= 4 is 16.9 Å². The maximum absolute atomic E-state index is 12.9. The molecule has 0 saturated heterocycles. The number of nitrogens with zero attached hydrogens (tertiary/aromatic N) is 4. The summed E-state index contributed by atoms with van der Waals surface area (Å²) in [6.07, 6.45) is -6.50. The number of hydrogen-bond acceptors (Lipinski definition) is 4. The monoisotopic (exact) mass is 322 g/mol. The van der Waals surface area contributed by atoms with Crippen LogP contribution in [0.4, 0.5) is 22.0 Å². The first-order chi connectivity index (χ1) is 10.0. The van der Waals surface area contributed by atoms with E-state index in [0.29, 0.717) is 5.39 Å². The van der Waals surface area contributed by atoms with Gasteiger partial charge in [-0.05, 0) is 0 Å². The lowest BCUT2D eigenvalue weighted by Gasteiger charge is -2.19. The lowest BCUT2D eigenvalue weighted by atomic mass is 10.1. The molecule has 3 N–H and O–H groups in total. The van der Waals surface area contributed by atoms with E-state index < -0.39 is 30.8 Å². The molecule has 0 spiro atoms. The van der Waals surface area contributed by atoms with Crippen molar-refractivity contribution in [2.75, 3.05) is 0 Å². The van der Waals surface area contributed by atoms with Crippen molar-refractivity contribution in [3.8, 4) is 0 Å². The number of aryl methyl sites for hydroxylation is 2. The zero-order valence-electron chi connectivity index (χ0n) is 11.2. The summed E-state index contributed by atoms with van der Waals surface area (Å²) < 4.78 is 63.6. The molecule has 0 aliphatic carbocycles. The average Bonchev–Trinajstić information content (AvgIpc) is 2.76. The Morgan fingerprint density at radius 2 is 1.91 bits per heavy atom. The minimum Gasteiger partial charge on any atom is -0.382 e. The van der Waals surface area contributed by atoms with Crippen molar-refractivity contribution in [3.05, 3.63) is 17.7 Å². The van der Waals surface area contributed by atoms with Crippen LogP contribution in [0.2, 0.25) is 0 Å². The highest BCUT2D eigenvalue weighted by atomic mass is 19.4. The van der Waals surface area contributed by atoms with Gasteiger partial charge in [-0.25, -0.2) is 9.97 Å². The minimum atomic E-state index is -5.63. The maximum atomic E-state index is 12.9. The van der Waals surface area contributed by atoms with Gasteiger partial charge in [0.1, 0.15) is 17.4 Å². The fraction of sp³-hybridized carbons (Fsp3) is 0.455. The predicted molar refractivity (Wildman–Crippen MR) is 66.6 cm³/mol. The highest BCUT2D eigenvalue weighted by Gasteiger charge is 2.56. The molecule has 2 aromatic rings. The minimum absolute atomic E-state index is 0.0524. The summed E-state index contributed by atoms with van der Waals surface area (Å²) in [6, 6.07) is 0. The van der Waals surface area contributed by atoms with Crippen molar-refractivity contribution in [2.45, 2.75) is 24.9 Å². The first-order valence-electron chi connectivity index (χ1n) is 6.00. The number of hydrogen-bond donors (Lipinski definition) is 2. The third-order valence-electron chi connectivity index (χ3n) is 2.97. The average molecular weight is 322 g/mol. The van der Waals surface area contributed by atoms with Crippen molar-refractivity contribution in [3.63, 3.8) is 0 Å². The van der Waals surface area contributed by atoms with E-state index in [4.69, 9.17) is 11.1 Å². The number of aromatic nitrogens is 4. The van der Waals surface area contributed by atoms with Gasteiger partial charge < -0.3 is 5.73 Å². The third-order valence-corrected chi connectivity index (χ3v) is 2.97. The Balaban J connectivity index is 2.37. The molecule has 0 aliphatic rings. The van der Waals surface area contributed by atoms with Gasteiger partial charge in [-0.15, -0.1) is 0 Å². The van der Waals surface area contributed by atoms with Gasteiger partial charge in [-0.3, -0.25) is 10.1 Å². The molecule has 22 heavy (non-hydrogen) atoms. The van der Waals surface area contributed by atoms with Crippen LogP contribution in [0, 0.1) is 5.41 Å². The van der Waals surface area contributed by atoms with E-state index in [1.165, 1.54) is 17.9 Å². The van der Waals surface area contributed by atoms with Gasteiger partial charge in [0.25, 0.3) is 0 Å². The number of nitrogen functional groups attached to an aromatic ring is 1. The van der Waals surface area contributed by atoms with Crippen molar-refractivity contribution in [1.29, 1.82) is 5.41 Å². The summed E-state index contributed by atoms with van der Waals surface area (Å²) in [5, 5.41) is 11.6. The van der Waals surface area contributed by atoms with Crippen LogP contribution in [0.3, 0.4) is 0 Å². The number of alkyl halides is 5. The summed E-state index contributed by atoms with van der Waals surface area (Å²) in [6.45, 7) is 0. The van der Waals surface area contributed by atoms with E-state index in [1.807, 2.05) is 0 Å². The Labute approximate surface area is 120 Å². The van der Waals surface area contributed by atoms with Crippen LogP contribution in [0.25, 0.3) is 11.0 Å². The second-order valence-corrected chi connectivity index (χ2v) is 4.61. The molecule has 0 aromatic carbocycles. The van der Waals surface area contributed by atoms with Crippen molar-refractivity contribution < 1.29 is 22.0 Å².